The lowest BCUT2D eigenvalue weighted by Gasteiger charge is -2.33. The Morgan fingerprint density at radius 2 is 1.85 bits per heavy atom. The van der Waals surface area contributed by atoms with Gasteiger partial charge in [-0.05, 0) is 12.5 Å². The predicted octanol–water partition coefficient (Wildman–Crippen LogP) is 3.63. The molecule has 0 spiro atoms. The maximum absolute atomic E-state index is 9.69. The van der Waals surface area contributed by atoms with Crippen molar-refractivity contribution < 1.29 is 14.9 Å². The van der Waals surface area contributed by atoms with Crippen molar-refractivity contribution in [3.8, 4) is 0 Å². The van der Waals surface area contributed by atoms with Gasteiger partial charge in [-0.3, -0.25) is 0 Å². The molecule has 0 aromatic rings. The van der Waals surface area contributed by atoms with Gasteiger partial charge in [0.2, 0.25) is 0 Å². The lowest BCUT2D eigenvalue weighted by atomic mass is 9.95. The average Bonchev–Trinajstić information content (AvgIpc) is 2.51. The Kier molecular flexibility index (Phi) is 15.5. The van der Waals surface area contributed by atoms with Crippen LogP contribution in [0.4, 0.5) is 0 Å². The van der Waals surface area contributed by atoms with Crippen molar-refractivity contribution in [1.82, 2.24) is 0 Å². The summed E-state index contributed by atoms with van der Waals surface area (Å²) in [5.74, 6) is 0. The van der Waals surface area contributed by atoms with Crippen LogP contribution in [0.25, 0.3) is 0 Å². The summed E-state index contributed by atoms with van der Waals surface area (Å²) in [4.78, 5) is 0. The molecule has 3 atom stereocenters. The van der Waals surface area contributed by atoms with Crippen LogP contribution < -0.4 is 0 Å². The van der Waals surface area contributed by atoms with E-state index in [4.69, 9.17) is 9.84 Å². The van der Waals surface area contributed by atoms with E-state index in [1.54, 1.807) is 6.08 Å². The number of allylic oxidation sites excluding steroid dienone is 3. The molecule has 1 heterocycles. The second-order valence-electron chi connectivity index (χ2n) is 3.94. The van der Waals surface area contributed by atoms with E-state index in [0.717, 1.165) is 5.57 Å². The second kappa shape index (κ2) is 14.5. The van der Waals surface area contributed by atoms with Gasteiger partial charge in [0.25, 0.3) is 0 Å². The molecule has 1 saturated heterocycles. The molecule has 2 N–H and O–H groups in total. The van der Waals surface area contributed by atoms with Crippen molar-refractivity contribution in [1.29, 1.82) is 0 Å². The summed E-state index contributed by atoms with van der Waals surface area (Å²) in [5.41, 5.74) is 1.01. The van der Waals surface area contributed by atoms with Crippen LogP contribution in [-0.4, -0.2) is 35.1 Å². The quantitative estimate of drug-likeness (QED) is 0.775. The van der Waals surface area contributed by atoms with Crippen LogP contribution in [0.15, 0.2) is 36.5 Å². The van der Waals surface area contributed by atoms with Crippen molar-refractivity contribution in [2.75, 3.05) is 6.61 Å². The van der Waals surface area contributed by atoms with E-state index in [1.165, 1.54) is 0 Å². The molecule has 3 heteroatoms. The highest BCUT2D eigenvalue weighted by molar-refractivity contribution is 5.25. The Morgan fingerprint density at radius 3 is 2.30 bits per heavy atom. The molecule has 20 heavy (non-hydrogen) atoms. The van der Waals surface area contributed by atoms with Crippen LogP contribution in [0.2, 0.25) is 0 Å². The molecule has 1 rings (SSSR count). The number of hydrogen-bond acceptors (Lipinski definition) is 3. The van der Waals surface area contributed by atoms with Gasteiger partial charge >= 0.3 is 0 Å². The molecule has 0 radical (unpaired) electrons. The minimum absolute atomic E-state index is 0.0459. The van der Waals surface area contributed by atoms with Crippen molar-refractivity contribution in [2.24, 2.45) is 0 Å². The molecule has 1 fully saturated rings. The molecule has 0 saturated carbocycles. The van der Waals surface area contributed by atoms with E-state index in [1.807, 2.05) is 52.8 Å². The molecule has 0 bridgehead atoms. The van der Waals surface area contributed by atoms with Gasteiger partial charge in [0.1, 0.15) is 0 Å². The monoisotopic (exact) mass is 284 g/mol. The zero-order chi connectivity index (χ0) is 16.0. The van der Waals surface area contributed by atoms with Crippen LogP contribution in [0, 0.1) is 0 Å². The van der Waals surface area contributed by atoms with Gasteiger partial charge in [-0.1, -0.05) is 58.6 Å². The Balaban J connectivity index is 0. The van der Waals surface area contributed by atoms with E-state index in [-0.39, 0.29) is 18.8 Å². The highest BCUT2D eigenvalue weighted by Gasteiger charge is 2.28. The Bertz CT molecular complexity index is 282. The van der Waals surface area contributed by atoms with Gasteiger partial charge in [0, 0.05) is 12.8 Å². The van der Waals surface area contributed by atoms with E-state index < -0.39 is 6.10 Å². The van der Waals surface area contributed by atoms with Crippen LogP contribution in [0.3, 0.4) is 0 Å². The molecule has 0 amide bonds. The van der Waals surface area contributed by atoms with Crippen molar-refractivity contribution in [3.05, 3.63) is 36.5 Å². The Hall–Kier alpha value is -0.900. The topological polar surface area (TPSA) is 49.7 Å². The summed E-state index contributed by atoms with van der Waals surface area (Å²) in [7, 11) is 0. The first-order valence-electron chi connectivity index (χ1n) is 7.61. The maximum atomic E-state index is 9.69. The molecule has 0 aromatic heterocycles. The molecule has 1 aliphatic heterocycles. The van der Waals surface area contributed by atoms with E-state index >= 15 is 0 Å². The smallest absolute Gasteiger partial charge is 0.0851 e. The number of aliphatic hydroxyl groups is 2. The summed E-state index contributed by atoms with van der Waals surface area (Å²) >= 11 is 0. The summed E-state index contributed by atoms with van der Waals surface area (Å²) in [6.07, 6.45) is 7.71. The van der Waals surface area contributed by atoms with E-state index in [9.17, 15) is 5.11 Å². The van der Waals surface area contributed by atoms with Gasteiger partial charge in [0.05, 0.1) is 24.9 Å². The summed E-state index contributed by atoms with van der Waals surface area (Å²) < 4.78 is 5.69. The maximum Gasteiger partial charge on any atom is 0.0851 e. The zero-order valence-electron chi connectivity index (χ0n) is 13.7. The molecular formula is C17H32O3. The second-order valence-corrected chi connectivity index (χ2v) is 3.94. The fourth-order valence-electron chi connectivity index (χ4n) is 1.89. The van der Waals surface area contributed by atoms with Gasteiger partial charge in [-0.15, -0.1) is 0 Å². The highest BCUT2D eigenvalue weighted by Crippen LogP contribution is 2.25. The number of ether oxygens (including phenoxy) is 1. The summed E-state index contributed by atoms with van der Waals surface area (Å²) in [6.45, 7) is 13.5. The van der Waals surface area contributed by atoms with Gasteiger partial charge < -0.3 is 14.9 Å². The minimum atomic E-state index is -0.400. The first-order valence-corrected chi connectivity index (χ1v) is 7.61. The fraction of sp³-hybridized carbons (Fsp3) is 0.647. The van der Waals surface area contributed by atoms with Gasteiger partial charge in [-0.25, -0.2) is 0 Å². The van der Waals surface area contributed by atoms with Crippen molar-refractivity contribution in [3.63, 3.8) is 0 Å². The van der Waals surface area contributed by atoms with E-state index in [0.29, 0.717) is 12.8 Å². The normalized spacial score (nSPS) is 26.1. The highest BCUT2D eigenvalue weighted by atomic mass is 16.5. The number of hydrogen-bond donors (Lipinski definition) is 2. The third-order valence-electron chi connectivity index (χ3n) is 2.71. The van der Waals surface area contributed by atoms with Crippen LogP contribution in [0.1, 0.15) is 47.5 Å². The van der Waals surface area contributed by atoms with E-state index in [2.05, 4.69) is 6.58 Å². The third kappa shape index (κ3) is 8.31. The molecule has 118 valence electrons. The SMILES string of the molecule is C=C/C=C\C(=C/C)C1CC(O)CC(CO)O1.CC.CC. The lowest BCUT2D eigenvalue weighted by molar-refractivity contribution is -0.0964. The zero-order valence-corrected chi connectivity index (χ0v) is 13.7. The molecule has 0 aliphatic carbocycles. The van der Waals surface area contributed by atoms with Crippen LogP contribution in [-0.2, 0) is 4.74 Å². The number of rotatable bonds is 4. The largest absolute Gasteiger partial charge is 0.394 e. The Labute approximate surface area is 124 Å². The third-order valence-corrected chi connectivity index (χ3v) is 2.71. The predicted molar refractivity (Wildman–Crippen MR) is 86.8 cm³/mol. The van der Waals surface area contributed by atoms with Crippen molar-refractivity contribution >= 4 is 0 Å². The minimum Gasteiger partial charge on any atom is -0.394 e. The molecule has 1 aliphatic rings. The molecule has 0 aromatic carbocycles. The lowest BCUT2D eigenvalue weighted by Crippen LogP contribution is -2.38. The average molecular weight is 284 g/mol. The molecular weight excluding hydrogens is 252 g/mol. The van der Waals surface area contributed by atoms with Crippen LogP contribution in [0.5, 0.6) is 0 Å². The first-order chi connectivity index (χ1) is 9.71. The Morgan fingerprint density at radius 1 is 1.25 bits per heavy atom. The standard InChI is InChI=1S/C13H20O3.2C2H6/c1-3-5-6-10(4-2)13-8-11(15)7-12(9-14)16-13;2*1-2/h3-6,11-15H,1,7-9H2,2H3;2*1-2H3/b6-5-,10-4+;;. The summed E-state index contributed by atoms with van der Waals surface area (Å²) in [5, 5.41) is 18.8. The van der Waals surface area contributed by atoms with Gasteiger partial charge in [0.15, 0.2) is 0 Å². The van der Waals surface area contributed by atoms with Gasteiger partial charge in [-0.2, -0.15) is 0 Å². The number of aliphatic hydroxyl groups excluding tert-OH is 2. The van der Waals surface area contributed by atoms with Crippen molar-refractivity contribution in [2.45, 2.75) is 65.8 Å². The first kappa shape index (κ1) is 21.4. The fourth-order valence-corrected chi connectivity index (χ4v) is 1.89. The molecule has 3 unspecified atom stereocenters. The van der Waals surface area contributed by atoms with Crippen LogP contribution >= 0.6 is 0 Å². The molecule has 3 nitrogen and oxygen atoms in total. The summed E-state index contributed by atoms with van der Waals surface area (Å²) in [6, 6.07) is 0.